The number of nitrogens with zero attached hydrogens (tertiary/aromatic N) is 3. The van der Waals surface area contributed by atoms with Crippen molar-refractivity contribution in [2.75, 3.05) is 56.7 Å². The number of urea groups is 1. The molecule has 3 rings (SSSR count). The molecule has 0 unspecified atom stereocenters. The highest BCUT2D eigenvalue weighted by atomic mass is 16.5. The van der Waals surface area contributed by atoms with Gasteiger partial charge < -0.3 is 14.5 Å². The Morgan fingerprint density at radius 1 is 1.20 bits per heavy atom. The second-order valence-corrected chi connectivity index (χ2v) is 5.49. The van der Waals surface area contributed by atoms with Gasteiger partial charge in [-0.25, -0.2) is 4.79 Å². The third-order valence-electron chi connectivity index (χ3n) is 3.95. The fraction of sp³-hybridized carbons (Fsp3) is 0.533. The van der Waals surface area contributed by atoms with E-state index < -0.39 is 0 Å². The van der Waals surface area contributed by atoms with E-state index in [4.69, 9.17) is 4.74 Å². The number of carbonyl (C=O) groups is 1. The van der Waals surface area contributed by atoms with E-state index in [0.29, 0.717) is 0 Å². The van der Waals surface area contributed by atoms with Gasteiger partial charge >= 0.3 is 6.03 Å². The SMILES string of the molecule is CN(C)C(=O)N1CCc2ccc(N3CCOCC3)cc21. The zero-order valence-electron chi connectivity index (χ0n) is 12.1. The van der Waals surface area contributed by atoms with Crippen molar-refractivity contribution < 1.29 is 9.53 Å². The second-order valence-electron chi connectivity index (χ2n) is 5.49. The van der Waals surface area contributed by atoms with Crippen LogP contribution in [0.15, 0.2) is 18.2 Å². The molecule has 0 saturated carbocycles. The molecular weight excluding hydrogens is 254 g/mol. The monoisotopic (exact) mass is 275 g/mol. The summed E-state index contributed by atoms with van der Waals surface area (Å²) in [5.74, 6) is 0. The molecule has 2 aliphatic heterocycles. The zero-order valence-corrected chi connectivity index (χ0v) is 12.1. The third kappa shape index (κ3) is 2.33. The van der Waals surface area contributed by atoms with Crippen LogP contribution in [0, 0.1) is 0 Å². The lowest BCUT2D eigenvalue weighted by Gasteiger charge is -2.30. The van der Waals surface area contributed by atoms with Crippen molar-refractivity contribution in [1.82, 2.24) is 4.90 Å². The van der Waals surface area contributed by atoms with E-state index in [1.165, 1.54) is 11.3 Å². The number of anilines is 2. The molecule has 5 nitrogen and oxygen atoms in total. The molecule has 20 heavy (non-hydrogen) atoms. The molecule has 108 valence electrons. The first kappa shape index (κ1) is 13.2. The molecule has 2 amide bonds. The molecule has 5 heteroatoms. The average molecular weight is 275 g/mol. The highest BCUT2D eigenvalue weighted by Gasteiger charge is 2.26. The Kier molecular flexibility index (Phi) is 3.53. The van der Waals surface area contributed by atoms with Gasteiger partial charge in [0.1, 0.15) is 0 Å². The number of amides is 2. The Hall–Kier alpha value is -1.75. The quantitative estimate of drug-likeness (QED) is 0.780. The van der Waals surface area contributed by atoms with Crippen molar-refractivity contribution in [3.8, 4) is 0 Å². The van der Waals surface area contributed by atoms with Gasteiger partial charge in [0.15, 0.2) is 0 Å². The van der Waals surface area contributed by atoms with Gasteiger partial charge in [-0.05, 0) is 24.1 Å². The number of morpholine rings is 1. The molecule has 0 aromatic heterocycles. The largest absolute Gasteiger partial charge is 0.378 e. The molecule has 1 aromatic rings. The topological polar surface area (TPSA) is 36.0 Å². The van der Waals surface area contributed by atoms with E-state index in [2.05, 4.69) is 23.1 Å². The number of ether oxygens (including phenoxy) is 1. The zero-order chi connectivity index (χ0) is 14.1. The van der Waals surface area contributed by atoms with E-state index in [1.54, 1.807) is 19.0 Å². The summed E-state index contributed by atoms with van der Waals surface area (Å²) < 4.78 is 5.39. The van der Waals surface area contributed by atoms with Crippen LogP contribution in [-0.2, 0) is 11.2 Å². The fourth-order valence-corrected chi connectivity index (χ4v) is 2.83. The van der Waals surface area contributed by atoms with Gasteiger partial charge in [0, 0.05) is 39.4 Å². The van der Waals surface area contributed by atoms with E-state index in [0.717, 1.165) is 45.0 Å². The molecule has 1 aromatic carbocycles. The highest BCUT2D eigenvalue weighted by molar-refractivity contribution is 5.94. The average Bonchev–Trinajstić information content (AvgIpc) is 2.90. The van der Waals surface area contributed by atoms with Crippen molar-refractivity contribution in [1.29, 1.82) is 0 Å². The minimum Gasteiger partial charge on any atom is -0.378 e. The molecule has 2 heterocycles. The molecule has 0 N–H and O–H groups in total. The summed E-state index contributed by atoms with van der Waals surface area (Å²) in [4.78, 5) is 18.0. The Morgan fingerprint density at radius 2 is 1.95 bits per heavy atom. The van der Waals surface area contributed by atoms with E-state index in [-0.39, 0.29) is 6.03 Å². The van der Waals surface area contributed by atoms with Crippen LogP contribution in [0.2, 0.25) is 0 Å². The number of fused-ring (bicyclic) bond motifs is 1. The van der Waals surface area contributed by atoms with Crippen molar-refractivity contribution in [3.63, 3.8) is 0 Å². The van der Waals surface area contributed by atoms with Crippen molar-refractivity contribution in [2.24, 2.45) is 0 Å². The van der Waals surface area contributed by atoms with Gasteiger partial charge in [-0.1, -0.05) is 6.07 Å². The lowest BCUT2D eigenvalue weighted by atomic mass is 10.1. The second kappa shape index (κ2) is 5.32. The normalized spacial score (nSPS) is 18.1. The summed E-state index contributed by atoms with van der Waals surface area (Å²) in [7, 11) is 3.60. The van der Waals surface area contributed by atoms with Gasteiger partial charge in [0.05, 0.1) is 18.9 Å². The van der Waals surface area contributed by atoms with Gasteiger partial charge in [-0.2, -0.15) is 0 Å². The number of rotatable bonds is 1. The maximum atomic E-state index is 12.2. The van der Waals surface area contributed by atoms with Crippen LogP contribution in [0.5, 0.6) is 0 Å². The van der Waals surface area contributed by atoms with E-state index in [9.17, 15) is 4.79 Å². The lowest BCUT2D eigenvalue weighted by molar-refractivity contribution is 0.122. The van der Waals surface area contributed by atoms with Gasteiger partial charge in [0.25, 0.3) is 0 Å². The van der Waals surface area contributed by atoms with Crippen LogP contribution in [0.3, 0.4) is 0 Å². The molecule has 0 aliphatic carbocycles. The van der Waals surface area contributed by atoms with Crippen LogP contribution in [0.4, 0.5) is 16.2 Å². The minimum atomic E-state index is 0.0582. The number of hydrogen-bond donors (Lipinski definition) is 0. The maximum Gasteiger partial charge on any atom is 0.323 e. The van der Waals surface area contributed by atoms with Crippen molar-refractivity contribution in [2.45, 2.75) is 6.42 Å². The van der Waals surface area contributed by atoms with Crippen LogP contribution in [-0.4, -0.2) is 57.9 Å². The van der Waals surface area contributed by atoms with Crippen molar-refractivity contribution >= 4 is 17.4 Å². The Bertz CT molecular complexity index is 510. The van der Waals surface area contributed by atoms with E-state index in [1.807, 2.05) is 4.90 Å². The predicted octanol–water partition coefficient (Wildman–Crippen LogP) is 1.57. The highest BCUT2D eigenvalue weighted by Crippen LogP contribution is 2.33. The van der Waals surface area contributed by atoms with Crippen LogP contribution in [0.1, 0.15) is 5.56 Å². The predicted molar refractivity (Wildman–Crippen MR) is 79.6 cm³/mol. The Balaban J connectivity index is 1.87. The molecular formula is C15H21N3O2. The summed E-state index contributed by atoms with van der Waals surface area (Å²) in [6, 6.07) is 6.52. The summed E-state index contributed by atoms with van der Waals surface area (Å²) in [6.45, 7) is 4.16. The number of hydrogen-bond acceptors (Lipinski definition) is 3. The van der Waals surface area contributed by atoms with Crippen LogP contribution in [0.25, 0.3) is 0 Å². The standard InChI is InChI=1S/C15H21N3O2/c1-16(2)15(19)18-6-5-12-3-4-13(11-14(12)18)17-7-9-20-10-8-17/h3-4,11H,5-10H2,1-2H3. The van der Waals surface area contributed by atoms with Crippen molar-refractivity contribution in [3.05, 3.63) is 23.8 Å². The first-order chi connectivity index (χ1) is 9.66. The summed E-state index contributed by atoms with van der Waals surface area (Å²) >= 11 is 0. The summed E-state index contributed by atoms with van der Waals surface area (Å²) in [5.41, 5.74) is 3.51. The number of benzene rings is 1. The minimum absolute atomic E-state index is 0.0582. The molecule has 0 atom stereocenters. The lowest BCUT2D eigenvalue weighted by Crippen LogP contribution is -2.38. The third-order valence-corrected chi connectivity index (χ3v) is 3.95. The summed E-state index contributed by atoms with van der Waals surface area (Å²) in [5, 5.41) is 0. The first-order valence-corrected chi connectivity index (χ1v) is 7.11. The van der Waals surface area contributed by atoms with Gasteiger partial charge in [0.2, 0.25) is 0 Å². The molecule has 0 spiro atoms. The Labute approximate surface area is 119 Å². The molecule has 0 radical (unpaired) electrons. The van der Waals surface area contributed by atoms with Gasteiger partial charge in [-0.15, -0.1) is 0 Å². The number of carbonyl (C=O) groups excluding carboxylic acids is 1. The molecule has 2 aliphatic rings. The van der Waals surface area contributed by atoms with Crippen LogP contribution >= 0.6 is 0 Å². The Morgan fingerprint density at radius 3 is 2.65 bits per heavy atom. The first-order valence-electron chi connectivity index (χ1n) is 7.11. The van der Waals surface area contributed by atoms with E-state index >= 15 is 0 Å². The molecule has 0 bridgehead atoms. The van der Waals surface area contributed by atoms with Gasteiger partial charge in [-0.3, -0.25) is 4.90 Å². The molecule has 1 fully saturated rings. The molecule has 1 saturated heterocycles. The fourth-order valence-electron chi connectivity index (χ4n) is 2.83. The van der Waals surface area contributed by atoms with Crippen LogP contribution < -0.4 is 9.80 Å². The maximum absolute atomic E-state index is 12.2. The summed E-state index contributed by atoms with van der Waals surface area (Å²) in [6.07, 6.45) is 0.943. The smallest absolute Gasteiger partial charge is 0.323 e.